The molecule has 0 aliphatic carbocycles. The van der Waals surface area contributed by atoms with E-state index in [-0.39, 0.29) is 0 Å². The zero-order valence-corrected chi connectivity index (χ0v) is 8.35. The van der Waals surface area contributed by atoms with E-state index in [2.05, 4.69) is 10.3 Å². The minimum absolute atomic E-state index is 0.675. The van der Waals surface area contributed by atoms with Gasteiger partial charge in [0.2, 0.25) is 0 Å². The van der Waals surface area contributed by atoms with Gasteiger partial charge < -0.3 is 10.1 Å². The summed E-state index contributed by atoms with van der Waals surface area (Å²) in [5, 5.41) is 6.38. The van der Waals surface area contributed by atoms with Crippen molar-refractivity contribution in [2.45, 2.75) is 13.0 Å². The highest BCUT2D eigenvalue weighted by atomic mass is 32.1. The molecule has 1 aromatic heterocycles. The monoisotopic (exact) mass is 198 g/mol. The van der Waals surface area contributed by atoms with Gasteiger partial charge in [-0.25, -0.2) is 4.98 Å². The van der Waals surface area contributed by atoms with E-state index in [1.54, 1.807) is 11.3 Å². The van der Waals surface area contributed by atoms with Gasteiger partial charge in [0, 0.05) is 18.1 Å². The summed E-state index contributed by atoms with van der Waals surface area (Å²) in [7, 11) is 0. The van der Waals surface area contributed by atoms with Crippen molar-refractivity contribution in [1.82, 2.24) is 10.3 Å². The number of nitrogens with zero attached hydrogens (tertiary/aromatic N) is 1. The van der Waals surface area contributed by atoms with Crippen LogP contribution in [0.15, 0.2) is 11.6 Å². The Morgan fingerprint density at radius 1 is 1.69 bits per heavy atom. The zero-order chi connectivity index (χ0) is 8.93. The summed E-state index contributed by atoms with van der Waals surface area (Å²) in [5.74, 6) is 0.708. The number of hydrogen-bond donors (Lipinski definition) is 1. The van der Waals surface area contributed by atoms with Gasteiger partial charge >= 0.3 is 0 Å². The van der Waals surface area contributed by atoms with Crippen LogP contribution in [0.5, 0.6) is 0 Å². The van der Waals surface area contributed by atoms with Gasteiger partial charge in [-0.05, 0) is 18.9 Å². The summed E-state index contributed by atoms with van der Waals surface area (Å²) in [6.45, 7) is 3.80. The van der Waals surface area contributed by atoms with Crippen molar-refractivity contribution < 1.29 is 4.74 Å². The van der Waals surface area contributed by atoms with Gasteiger partial charge in [0.25, 0.3) is 0 Å². The summed E-state index contributed by atoms with van der Waals surface area (Å²) in [4.78, 5) is 4.16. The standard InChI is InChI=1S/C9H14N2OS/c1-2-10-5-8(1)6-12-7-9-11-3-4-13-9/h3-4,8,10H,1-2,5-7H2/t8-/m0/s1. The first-order valence-corrected chi connectivity index (χ1v) is 5.50. The molecule has 0 amide bonds. The quantitative estimate of drug-likeness (QED) is 0.791. The van der Waals surface area contributed by atoms with E-state index in [0.717, 1.165) is 24.7 Å². The summed E-state index contributed by atoms with van der Waals surface area (Å²) in [6.07, 6.45) is 3.07. The van der Waals surface area contributed by atoms with Crippen molar-refractivity contribution in [3.05, 3.63) is 16.6 Å². The molecule has 0 unspecified atom stereocenters. The van der Waals surface area contributed by atoms with Gasteiger partial charge in [0.1, 0.15) is 5.01 Å². The lowest BCUT2D eigenvalue weighted by molar-refractivity contribution is 0.0923. The van der Waals surface area contributed by atoms with E-state index in [1.807, 2.05) is 11.6 Å². The van der Waals surface area contributed by atoms with Crippen LogP contribution in [-0.4, -0.2) is 24.7 Å². The molecule has 4 heteroatoms. The van der Waals surface area contributed by atoms with Crippen molar-refractivity contribution in [1.29, 1.82) is 0 Å². The number of nitrogens with one attached hydrogen (secondary N) is 1. The third-order valence-electron chi connectivity index (χ3n) is 2.22. The Morgan fingerprint density at radius 3 is 3.38 bits per heavy atom. The van der Waals surface area contributed by atoms with Crippen LogP contribution in [0.3, 0.4) is 0 Å². The van der Waals surface area contributed by atoms with Gasteiger partial charge in [0.05, 0.1) is 13.2 Å². The van der Waals surface area contributed by atoms with Gasteiger partial charge in [-0.3, -0.25) is 0 Å². The topological polar surface area (TPSA) is 34.1 Å². The Hall–Kier alpha value is -0.450. The maximum absolute atomic E-state index is 5.57. The molecular weight excluding hydrogens is 184 g/mol. The highest BCUT2D eigenvalue weighted by Crippen LogP contribution is 2.10. The molecule has 1 aliphatic heterocycles. The first kappa shape index (κ1) is 9.12. The second kappa shape index (κ2) is 4.69. The first-order valence-electron chi connectivity index (χ1n) is 4.62. The van der Waals surface area contributed by atoms with Crippen LogP contribution in [0.25, 0.3) is 0 Å². The van der Waals surface area contributed by atoms with E-state index in [1.165, 1.54) is 6.42 Å². The molecule has 13 heavy (non-hydrogen) atoms. The first-order chi connectivity index (χ1) is 6.45. The van der Waals surface area contributed by atoms with Crippen molar-refractivity contribution in [2.75, 3.05) is 19.7 Å². The molecule has 1 atom stereocenters. The van der Waals surface area contributed by atoms with Gasteiger partial charge in [-0.15, -0.1) is 11.3 Å². The predicted molar refractivity (Wildman–Crippen MR) is 52.7 cm³/mol. The third kappa shape index (κ3) is 2.76. The average Bonchev–Trinajstić information content (AvgIpc) is 2.75. The maximum Gasteiger partial charge on any atom is 0.118 e. The number of aromatic nitrogens is 1. The molecule has 3 nitrogen and oxygen atoms in total. The van der Waals surface area contributed by atoms with Crippen LogP contribution in [0.4, 0.5) is 0 Å². The average molecular weight is 198 g/mol. The van der Waals surface area contributed by atoms with Crippen molar-refractivity contribution >= 4 is 11.3 Å². The molecule has 2 heterocycles. The van der Waals surface area contributed by atoms with Crippen molar-refractivity contribution in [3.63, 3.8) is 0 Å². The van der Waals surface area contributed by atoms with Crippen LogP contribution in [0.1, 0.15) is 11.4 Å². The minimum atomic E-state index is 0.675. The SMILES string of the molecule is c1csc(COC[C@H]2CCNC2)n1. The second-order valence-corrected chi connectivity index (χ2v) is 4.28. The molecule has 0 saturated carbocycles. The third-order valence-corrected chi connectivity index (χ3v) is 2.98. The van der Waals surface area contributed by atoms with E-state index in [4.69, 9.17) is 4.74 Å². The molecule has 1 aromatic rings. The van der Waals surface area contributed by atoms with E-state index in [9.17, 15) is 0 Å². The van der Waals surface area contributed by atoms with Gasteiger partial charge in [0.15, 0.2) is 0 Å². The molecule has 72 valence electrons. The molecule has 0 radical (unpaired) electrons. The molecule has 1 aliphatic rings. The van der Waals surface area contributed by atoms with Gasteiger partial charge in [-0.2, -0.15) is 0 Å². The lowest BCUT2D eigenvalue weighted by Crippen LogP contribution is -2.13. The number of rotatable bonds is 4. The summed E-state index contributed by atoms with van der Waals surface area (Å²) in [5.41, 5.74) is 0. The second-order valence-electron chi connectivity index (χ2n) is 3.30. The predicted octanol–water partition coefficient (Wildman–Crippen LogP) is 1.27. The Bertz CT molecular complexity index is 232. The van der Waals surface area contributed by atoms with Crippen LogP contribution in [-0.2, 0) is 11.3 Å². The number of thiazole rings is 1. The molecule has 1 N–H and O–H groups in total. The highest BCUT2D eigenvalue weighted by Gasteiger charge is 2.14. The summed E-state index contributed by atoms with van der Waals surface area (Å²) in [6, 6.07) is 0. The summed E-state index contributed by atoms with van der Waals surface area (Å²) < 4.78 is 5.57. The lowest BCUT2D eigenvalue weighted by atomic mass is 10.1. The fraction of sp³-hybridized carbons (Fsp3) is 0.667. The maximum atomic E-state index is 5.57. The highest BCUT2D eigenvalue weighted by molar-refractivity contribution is 7.09. The zero-order valence-electron chi connectivity index (χ0n) is 7.53. The van der Waals surface area contributed by atoms with Crippen LogP contribution in [0.2, 0.25) is 0 Å². The largest absolute Gasteiger partial charge is 0.374 e. The number of hydrogen-bond acceptors (Lipinski definition) is 4. The van der Waals surface area contributed by atoms with Crippen LogP contribution >= 0.6 is 11.3 Å². The van der Waals surface area contributed by atoms with E-state index >= 15 is 0 Å². The molecule has 0 aromatic carbocycles. The molecule has 0 spiro atoms. The molecule has 1 fully saturated rings. The van der Waals surface area contributed by atoms with Crippen LogP contribution in [0, 0.1) is 5.92 Å². The normalized spacial score (nSPS) is 22.3. The van der Waals surface area contributed by atoms with Crippen LogP contribution < -0.4 is 5.32 Å². The Morgan fingerprint density at radius 2 is 2.69 bits per heavy atom. The summed E-state index contributed by atoms with van der Waals surface area (Å²) >= 11 is 1.65. The Balaban J connectivity index is 1.63. The van der Waals surface area contributed by atoms with Crippen molar-refractivity contribution in [2.24, 2.45) is 5.92 Å². The van der Waals surface area contributed by atoms with Gasteiger partial charge in [-0.1, -0.05) is 0 Å². The Kier molecular flexibility index (Phi) is 3.29. The molecule has 1 saturated heterocycles. The number of ether oxygens (including phenoxy) is 1. The fourth-order valence-electron chi connectivity index (χ4n) is 1.49. The molecule has 2 rings (SSSR count). The molecule has 0 bridgehead atoms. The van der Waals surface area contributed by atoms with E-state index < -0.39 is 0 Å². The molecular formula is C9H14N2OS. The van der Waals surface area contributed by atoms with E-state index in [0.29, 0.717) is 12.5 Å². The minimum Gasteiger partial charge on any atom is -0.374 e. The van der Waals surface area contributed by atoms with Crippen molar-refractivity contribution in [3.8, 4) is 0 Å². The smallest absolute Gasteiger partial charge is 0.118 e. The lowest BCUT2D eigenvalue weighted by Gasteiger charge is -2.07. The fourth-order valence-corrected chi connectivity index (χ4v) is 2.05. The Labute approximate surface area is 82.1 Å².